The third-order valence-corrected chi connectivity index (χ3v) is 4.61. The summed E-state index contributed by atoms with van der Waals surface area (Å²) < 4.78 is 10.8. The quantitative estimate of drug-likeness (QED) is 0.846. The van der Waals surface area contributed by atoms with Gasteiger partial charge >= 0.3 is 0 Å². The largest absolute Gasteiger partial charge is 0.373 e. The normalized spacial score (nSPS) is 24.0. The van der Waals surface area contributed by atoms with Crippen LogP contribution in [0.3, 0.4) is 0 Å². The van der Waals surface area contributed by atoms with Gasteiger partial charge < -0.3 is 24.6 Å². The van der Waals surface area contributed by atoms with Gasteiger partial charge in [-0.05, 0) is 19.1 Å². The van der Waals surface area contributed by atoms with Crippen LogP contribution in [0.15, 0.2) is 30.3 Å². The van der Waals surface area contributed by atoms with Crippen molar-refractivity contribution in [2.24, 2.45) is 0 Å². The lowest BCUT2D eigenvalue weighted by molar-refractivity contribution is -0.162. The average molecular weight is 347 g/mol. The number of benzene rings is 1. The zero-order chi connectivity index (χ0) is 17.6. The van der Waals surface area contributed by atoms with Crippen LogP contribution in [-0.4, -0.2) is 74.9 Å². The maximum atomic E-state index is 12.3. The van der Waals surface area contributed by atoms with Gasteiger partial charge in [-0.2, -0.15) is 0 Å². The molecule has 2 aliphatic heterocycles. The number of carbonyl (C=O) groups excluding carboxylic acids is 2. The summed E-state index contributed by atoms with van der Waals surface area (Å²) in [5.74, 6) is -0.353. The maximum Gasteiger partial charge on any atom is 0.252 e. The van der Waals surface area contributed by atoms with Gasteiger partial charge in [-0.25, -0.2) is 0 Å². The summed E-state index contributed by atoms with van der Waals surface area (Å²) in [6, 6.07) is 10.2. The lowest BCUT2D eigenvalue weighted by Gasteiger charge is -2.36. The predicted molar refractivity (Wildman–Crippen MR) is 93.4 cm³/mol. The summed E-state index contributed by atoms with van der Waals surface area (Å²) >= 11 is 0. The molecule has 2 heterocycles. The molecule has 0 spiro atoms. The molecule has 2 amide bonds. The standard InChI is InChI=1S/C18H25N3O4/c1-14-17(25-12-11-24-14)18(23)19-13-16(22)21-9-7-20(8-10-21)15-5-3-2-4-6-15/h2-6,14,17H,7-13H2,1H3,(H,19,23)/t14-,17-/m0/s1. The first-order valence-electron chi connectivity index (χ1n) is 8.74. The van der Waals surface area contributed by atoms with Gasteiger partial charge in [0.05, 0.1) is 25.9 Å². The Kier molecular flexibility index (Phi) is 5.88. The molecule has 0 bridgehead atoms. The molecule has 0 saturated carbocycles. The molecule has 0 aromatic heterocycles. The van der Waals surface area contributed by atoms with E-state index in [9.17, 15) is 9.59 Å². The molecule has 0 radical (unpaired) electrons. The fourth-order valence-electron chi connectivity index (χ4n) is 3.15. The maximum absolute atomic E-state index is 12.3. The van der Waals surface area contributed by atoms with Gasteiger partial charge in [-0.1, -0.05) is 18.2 Å². The molecule has 3 rings (SSSR count). The second-order valence-electron chi connectivity index (χ2n) is 6.29. The summed E-state index contributed by atoms with van der Waals surface area (Å²) in [7, 11) is 0. The van der Waals surface area contributed by atoms with Crippen LogP contribution < -0.4 is 10.2 Å². The molecule has 7 nitrogen and oxygen atoms in total. The minimum Gasteiger partial charge on any atom is -0.373 e. The summed E-state index contributed by atoms with van der Waals surface area (Å²) in [6.07, 6.45) is -0.935. The van der Waals surface area contributed by atoms with Gasteiger partial charge in [0, 0.05) is 31.9 Å². The van der Waals surface area contributed by atoms with Crippen LogP contribution in [0.25, 0.3) is 0 Å². The first-order valence-corrected chi connectivity index (χ1v) is 8.74. The zero-order valence-electron chi connectivity index (χ0n) is 14.5. The van der Waals surface area contributed by atoms with Crippen LogP contribution >= 0.6 is 0 Å². The van der Waals surface area contributed by atoms with Crippen molar-refractivity contribution in [1.29, 1.82) is 0 Å². The molecule has 1 aromatic carbocycles. The molecule has 2 atom stereocenters. The molecule has 1 aromatic rings. The Labute approximate surface area is 147 Å². The summed E-state index contributed by atoms with van der Waals surface area (Å²) in [5.41, 5.74) is 1.17. The van der Waals surface area contributed by atoms with Crippen molar-refractivity contribution in [2.45, 2.75) is 19.1 Å². The fourth-order valence-corrected chi connectivity index (χ4v) is 3.15. The number of rotatable bonds is 4. The van der Waals surface area contributed by atoms with E-state index in [2.05, 4.69) is 22.3 Å². The van der Waals surface area contributed by atoms with Crippen molar-refractivity contribution in [3.05, 3.63) is 30.3 Å². The molecule has 2 aliphatic rings. The number of piperazine rings is 1. The van der Waals surface area contributed by atoms with Gasteiger partial charge in [0.15, 0.2) is 6.10 Å². The Bertz CT molecular complexity index is 587. The van der Waals surface area contributed by atoms with Gasteiger partial charge in [0.1, 0.15) is 0 Å². The van der Waals surface area contributed by atoms with E-state index in [1.807, 2.05) is 18.2 Å². The third kappa shape index (κ3) is 4.49. The van der Waals surface area contributed by atoms with Gasteiger partial charge in [-0.15, -0.1) is 0 Å². The van der Waals surface area contributed by atoms with Crippen LogP contribution in [0.4, 0.5) is 5.69 Å². The highest BCUT2D eigenvalue weighted by molar-refractivity contribution is 5.87. The first-order chi connectivity index (χ1) is 12.1. The Morgan fingerprint density at radius 2 is 1.76 bits per heavy atom. The minimum absolute atomic E-state index is 0.00322. The zero-order valence-corrected chi connectivity index (χ0v) is 14.5. The highest BCUT2D eigenvalue weighted by Crippen LogP contribution is 2.15. The monoisotopic (exact) mass is 347 g/mol. The Balaban J connectivity index is 1.43. The molecule has 25 heavy (non-hydrogen) atoms. The van der Waals surface area contributed by atoms with E-state index in [0.717, 1.165) is 13.1 Å². The van der Waals surface area contributed by atoms with E-state index in [1.54, 1.807) is 11.8 Å². The highest BCUT2D eigenvalue weighted by Gasteiger charge is 2.30. The minimum atomic E-state index is -0.642. The van der Waals surface area contributed by atoms with Crippen LogP contribution in [-0.2, 0) is 19.1 Å². The first kappa shape index (κ1) is 17.7. The highest BCUT2D eigenvalue weighted by atomic mass is 16.6. The molecular weight excluding hydrogens is 322 g/mol. The van der Waals surface area contributed by atoms with E-state index in [1.165, 1.54) is 5.69 Å². The van der Waals surface area contributed by atoms with Gasteiger partial charge in [0.25, 0.3) is 5.91 Å². The molecule has 2 saturated heterocycles. The second-order valence-corrected chi connectivity index (χ2v) is 6.29. The smallest absolute Gasteiger partial charge is 0.252 e. The number of nitrogens with one attached hydrogen (secondary N) is 1. The SMILES string of the molecule is C[C@@H]1OCCO[C@@H]1C(=O)NCC(=O)N1CCN(c2ccccc2)CC1. The van der Waals surface area contributed by atoms with E-state index in [0.29, 0.717) is 26.3 Å². The molecule has 0 unspecified atom stereocenters. The van der Waals surface area contributed by atoms with Crippen molar-refractivity contribution >= 4 is 17.5 Å². The Morgan fingerprint density at radius 3 is 2.44 bits per heavy atom. The number of hydrogen-bond donors (Lipinski definition) is 1. The lowest BCUT2D eigenvalue weighted by Crippen LogP contribution is -2.53. The molecule has 2 fully saturated rings. The second kappa shape index (κ2) is 8.31. The Hall–Kier alpha value is -2.12. The number of ether oxygens (including phenoxy) is 2. The number of para-hydroxylation sites is 1. The molecular formula is C18H25N3O4. The topological polar surface area (TPSA) is 71.1 Å². The van der Waals surface area contributed by atoms with Crippen molar-refractivity contribution in [2.75, 3.05) is 50.8 Å². The van der Waals surface area contributed by atoms with Crippen LogP contribution in [0, 0.1) is 0 Å². The molecule has 7 heteroatoms. The summed E-state index contributed by atoms with van der Waals surface area (Å²) in [5, 5.41) is 2.67. The predicted octanol–water partition coefficient (Wildman–Crippen LogP) is 0.255. The van der Waals surface area contributed by atoms with Gasteiger partial charge in [-0.3, -0.25) is 9.59 Å². The van der Waals surface area contributed by atoms with E-state index < -0.39 is 6.10 Å². The van der Waals surface area contributed by atoms with E-state index in [4.69, 9.17) is 9.47 Å². The van der Waals surface area contributed by atoms with E-state index >= 15 is 0 Å². The Morgan fingerprint density at radius 1 is 1.08 bits per heavy atom. The molecule has 136 valence electrons. The number of amides is 2. The number of hydrogen-bond acceptors (Lipinski definition) is 5. The number of nitrogens with zero attached hydrogens (tertiary/aromatic N) is 2. The summed E-state index contributed by atoms with van der Waals surface area (Å²) in [4.78, 5) is 28.5. The van der Waals surface area contributed by atoms with Crippen LogP contribution in [0.5, 0.6) is 0 Å². The van der Waals surface area contributed by atoms with Crippen molar-refractivity contribution in [3.63, 3.8) is 0 Å². The van der Waals surface area contributed by atoms with Crippen molar-refractivity contribution < 1.29 is 19.1 Å². The summed E-state index contributed by atoms with van der Waals surface area (Å²) in [6.45, 7) is 5.59. The number of carbonyl (C=O) groups is 2. The third-order valence-electron chi connectivity index (χ3n) is 4.61. The lowest BCUT2D eigenvalue weighted by atomic mass is 10.2. The van der Waals surface area contributed by atoms with Crippen molar-refractivity contribution in [3.8, 4) is 0 Å². The average Bonchev–Trinajstić information content (AvgIpc) is 2.67. The van der Waals surface area contributed by atoms with Crippen LogP contribution in [0.2, 0.25) is 0 Å². The van der Waals surface area contributed by atoms with Gasteiger partial charge in [0.2, 0.25) is 5.91 Å². The fraction of sp³-hybridized carbons (Fsp3) is 0.556. The molecule has 0 aliphatic carbocycles. The van der Waals surface area contributed by atoms with Crippen molar-refractivity contribution in [1.82, 2.24) is 10.2 Å². The number of anilines is 1. The van der Waals surface area contributed by atoms with E-state index in [-0.39, 0.29) is 24.5 Å². The van der Waals surface area contributed by atoms with Crippen LogP contribution in [0.1, 0.15) is 6.92 Å². The molecule has 1 N–H and O–H groups in total.